The molecule has 1 aliphatic rings. The third kappa shape index (κ3) is 5.55. The molecule has 8 heteroatoms. The fourth-order valence-corrected chi connectivity index (χ4v) is 4.32. The highest BCUT2D eigenvalue weighted by atomic mass is 16.5. The summed E-state index contributed by atoms with van der Waals surface area (Å²) in [6.07, 6.45) is 13.0. The summed E-state index contributed by atoms with van der Waals surface area (Å²) >= 11 is 0. The third-order valence-electron chi connectivity index (χ3n) is 6.13. The van der Waals surface area contributed by atoms with Crippen molar-refractivity contribution in [3.05, 3.63) is 84.0 Å². The SMILES string of the molecule is C=C(C)/C=C\C(=C/C)C(CNC(=O)c1cn(-c2ncccn2)c2nccc(C)c12)N1CCOCC1. The number of ether oxygens (including phenoxy) is 1. The van der Waals surface area contributed by atoms with Gasteiger partial charge in [0.2, 0.25) is 5.95 Å². The lowest BCUT2D eigenvalue weighted by Gasteiger charge is -2.35. The summed E-state index contributed by atoms with van der Waals surface area (Å²) in [6, 6.07) is 3.69. The van der Waals surface area contributed by atoms with Gasteiger partial charge in [0.15, 0.2) is 0 Å². The highest BCUT2D eigenvalue weighted by molar-refractivity contribution is 6.07. The van der Waals surface area contributed by atoms with Gasteiger partial charge in [-0.3, -0.25) is 14.3 Å². The van der Waals surface area contributed by atoms with Crippen molar-refractivity contribution in [3.8, 4) is 5.95 Å². The van der Waals surface area contributed by atoms with Crippen molar-refractivity contribution < 1.29 is 9.53 Å². The Labute approximate surface area is 206 Å². The number of carbonyl (C=O) groups excluding carboxylic acids is 1. The van der Waals surface area contributed by atoms with Crippen LogP contribution >= 0.6 is 0 Å². The molecule has 0 spiro atoms. The molecule has 35 heavy (non-hydrogen) atoms. The van der Waals surface area contributed by atoms with E-state index in [1.165, 1.54) is 0 Å². The molecular weight excluding hydrogens is 440 g/mol. The van der Waals surface area contributed by atoms with Gasteiger partial charge in [-0.25, -0.2) is 15.0 Å². The van der Waals surface area contributed by atoms with Crippen LogP contribution in [0.1, 0.15) is 29.8 Å². The number of aryl methyl sites for hydroxylation is 1. The highest BCUT2D eigenvalue weighted by Crippen LogP contribution is 2.25. The first-order valence-corrected chi connectivity index (χ1v) is 11.8. The van der Waals surface area contributed by atoms with Crippen LogP contribution in [-0.2, 0) is 4.74 Å². The number of aromatic nitrogens is 4. The normalized spacial score (nSPS) is 16.0. The number of rotatable bonds is 8. The van der Waals surface area contributed by atoms with Crippen molar-refractivity contribution >= 4 is 16.9 Å². The smallest absolute Gasteiger partial charge is 0.253 e. The van der Waals surface area contributed by atoms with Crippen LogP contribution in [0, 0.1) is 6.92 Å². The largest absolute Gasteiger partial charge is 0.379 e. The summed E-state index contributed by atoms with van der Waals surface area (Å²) in [5.41, 5.74) is 4.29. The Bertz CT molecular complexity index is 1260. The zero-order valence-electron chi connectivity index (χ0n) is 20.6. The summed E-state index contributed by atoms with van der Waals surface area (Å²) in [7, 11) is 0. The van der Waals surface area contributed by atoms with Crippen LogP contribution < -0.4 is 5.32 Å². The van der Waals surface area contributed by atoms with E-state index in [9.17, 15) is 4.79 Å². The van der Waals surface area contributed by atoms with Crippen molar-refractivity contribution in [2.45, 2.75) is 26.8 Å². The van der Waals surface area contributed by atoms with Crippen molar-refractivity contribution in [3.63, 3.8) is 0 Å². The van der Waals surface area contributed by atoms with E-state index in [2.05, 4.69) is 43.9 Å². The molecule has 8 nitrogen and oxygen atoms in total. The number of nitrogens with zero attached hydrogens (tertiary/aromatic N) is 5. The topological polar surface area (TPSA) is 85.2 Å². The Balaban J connectivity index is 1.64. The first-order valence-electron chi connectivity index (χ1n) is 11.8. The van der Waals surface area contributed by atoms with Gasteiger partial charge in [-0.1, -0.05) is 30.4 Å². The van der Waals surface area contributed by atoms with E-state index in [1.54, 1.807) is 35.4 Å². The fourth-order valence-electron chi connectivity index (χ4n) is 4.32. The Morgan fingerprint density at radius 2 is 1.94 bits per heavy atom. The lowest BCUT2D eigenvalue weighted by molar-refractivity contribution is 0.0242. The number of hydrogen-bond donors (Lipinski definition) is 1. The van der Waals surface area contributed by atoms with E-state index in [-0.39, 0.29) is 11.9 Å². The maximum atomic E-state index is 13.5. The molecule has 1 aliphatic heterocycles. The predicted octanol–water partition coefficient (Wildman–Crippen LogP) is 3.63. The van der Waals surface area contributed by atoms with Gasteiger partial charge in [-0.05, 0) is 44.0 Å². The lowest BCUT2D eigenvalue weighted by Crippen LogP contribution is -2.49. The first kappa shape index (κ1) is 24.5. The average Bonchev–Trinajstić information content (AvgIpc) is 3.28. The molecule has 1 amide bonds. The molecular formula is C27H32N6O2. The number of hydrogen-bond acceptors (Lipinski definition) is 6. The number of amides is 1. The predicted molar refractivity (Wildman–Crippen MR) is 138 cm³/mol. The molecule has 0 aromatic carbocycles. The van der Waals surface area contributed by atoms with E-state index in [0.29, 0.717) is 36.9 Å². The van der Waals surface area contributed by atoms with Crippen molar-refractivity contribution in [1.82, 2.24) is 29.7 Å². The van der Waals surface area contributed by atoms with Crippen LogP contribution in [-0.4, -0.2) is 69.2 Å². The molecule has 0 radical (unpaired) electrons. The van der Waals surface area contributed by atoms with Crippen LogP contribution in [0.15, 0.2) is 72.9 Å². The molecule has 1 atom stereocenters. The number of allylic oxidation sites excluding steroid dienone is 3. The van der Waals surface area contributed by atoms with E-state index < -0.39 is 0 Å². The monoisotopic (exact) mass is 472 g/mol. The number of fused-ring (bicyclic) bond motifs is 1. The zero-order valence-corrected chi connectivity index (χ0v) is 20.6. The molecule has 1 unspecified atom stereocenters. The van der Waals surface area contributed by atoms with Crippen molar-refractivity contribution in [2.75, 3.05) is 32.8 Å². The van der Waals surface area contributed by atoms with Gasteiger partial charge in [0.05, 0.1) is 24.8 Å². The van der Waals surface area contributed by atoms with Gasteiger partial charge in [0.1, 0.15) is 5.65 Å². The molecule has 1 N–H and O–H groups in total. The molecule has 0 bridgehead atoms. The molecule has 1 saturated heterocycles. The summed E-state index contributed by atoms with van der Waals surface area (Å²) in [4.78, 5) is 29.1. The van der Waals surface area contributed by atoms with E-state index in [1.807, 2.05) is 32.9 Å². The quantitative estimate of drug-likeness (QED) is 0.504. The minimum absolute atomic E-state index is 0.0217. The van der Waals surface area contributed by atoms with E-state index in [4.69, 9.17) is 4.74 Å². The molecule has 0 saturated carbocycles. The van der Waals surface area contributed by atoms with Gasteiger partial charge in [0, 0.05) is 49.8 Å². The molecule has 3 aromatic rings. The van der Waals surface area contributed by atoms with Crippen molar-refractivity contribution in [2.24, 2.45) is 0 Å². The number of carbonyl (C=O) groups is 1. The Kier molecular flexibility index (Phi) is 7.84. The summed E-state index contributed by atoms with van der Waals surface area (Å²) < 4.78 is 7.33. The fraction of sp³-hybridized carbons (Fsp3) is 0.333. The van der Waals surface area contributed by atoms with Crippen molar-refractivity contribution in [1.29, 1.82) is 0 Å². The molecule has 4 rings (SSSR count). The second kappa shape index (κ2) is 11.2. The zero-order chi connectivity index (χ0) is 24.8. The summed E-state index contributed by atoms with van der Waals surface area (Å²) in [6.45, 7) is 13.4. The molecule has 0 aliphatic carbocycles. The maximum absolute atomic E-state index is 13.5. The Morgan fingerprint density at radius 3 is 2.63 bits per heavy atom. The van der Waals surface area contributed by atoms with Gasteiger partial charge in [0.25, 0.3) is 5.91 Å². The summed E-state index contributed by atoms with van der Waals surface area (Å²) in [5.74, 6) is 0.320. The van der Waals surface area contributed by atoms with Crippen LogP contribution in [0.25, 0.3) is 17.0 Å². The van der Waals surface area contributed by atoms with Crippen LogP contribution in [0.2, 0.25) is 0 Å². The Hall–Kier alpha value is -3.62. The minimum Gasteiger partial charge on any atom is -0.379 e. The number of pyridine rings is 1. The third-order valence-corrected chi connectivity index (χ3v) is 6.13. The standard InChI is InChI=1S/C27H32N6O2/c1-5-21(8-7-19(2)3)23(32-13-15-35-16-14-32)17-31-26(34)22-18-33(27-29-10-6-11-30-27)25-24(22)20(4)9-12-28-25/h5-12,18,23H,2,13-17H2,1,3-4H3,(H,31,34)/b8-7-,21-5+. The van der Waals surface area contributed by atoms with Gasteiger partial charge >= 0.3 is 0 Å². The number of morpholine rings is 1. The van der Waals surface area contributed by atoms with E-state index in [0.717, 1.165) is 35.2 Å². The molecule has 3 aromatic heterocycles. The second-order valence-electron chi connectivity index (χ2n) is 8.63. The van der Waals surface area contributed by atoms with Crippen LogP contribution in [0.5, 0.6) is 0 Å². The van der Waals surface area contributed by atoms with Crippen LogP contribution in [0.3, 0.4) is 0 Å². The maximum Gasteiger partial charge on any atom is 0.253 e. The lowest BCUT2D eigenvalue weighted by atomic mass is 10.0. The first-order chi connectivity index (χ1) is 17.0. The molecule has 1 fully saturated rings. The Morgan fingerprint density at radius 1 is 1.20 bits per heavy atom. The van der Waals surface area contributed by atoms with Crippen LogP contribution in [0.4, 0.5) is 0 Å². The molecule has 4 heterocycles. The number of nitrogens with one attached hydrogen (secondary N) is 1. The minimum atomic E-state index is -0.154. The second-order valence-corrected chi connectivity index (χ2v) is 8.63. The van der Waals surface area contributed by atoms with Gasteiger partial charge < -0.3 is 10.1 Å². The molecule has 182 valence electrons. The highest BCUT2D eigenvalue weighted by Gasteiger charge is 2.25. The summed E-state index contributed by atoms with van der Waals surface area (Å²) in [5, 5.41) is 3.98. The van der Waals surface area contributed by atoms with Gasteiger partial charge in [-0.2, -0.15) is 0 Å². The van der Waals surface area contributed by atoms with Gasteiger partial charge in [-0.15, -0.1) is 0 Å². The van der Waals surface area contributed by atoms with E-state index >= 15 is 0 Å². The average molecular weight is 473 g/mol.